The van der Waals surface area contributed by atoms with E-state index in [1.165, 1.54) is 11.1 Å². The van der Waals surface area contributed by atoms with Crippen LogP contribution in [0.3, 0.4) is 0 Å². The fourth-order valence-electron chi connectivity index (χ4n) is 5.03. The Morgan fingerprint density at radius 2 is 1.59 bits per heavy atom. The highest BCUT2D eigenvalue weighted by molar-refractivity contribution is 6.74. The maximum absolute atomic E-state index is 12.1. The third kappa shape index (κ3) is 6.94. The maximum Gasteiger partial charge on any atom is 0.338 e. The topological polar surface area (TPSA) is 38.8 Å². The van der Waals surface area contributed by atoms with Crippen LogP contribution in [0.15, 0.2) is 72.8 Å². The molecule has 1 fully saturated rings. The monoisotopic (exact) mass is 563 g/mol. The number of carbonyl (C=O) groups is 1. The molecule has 1 heterocycles. The van der Waals surface area contributed by atoms with Crippen molar-refractivity contribution in [1.82, 2.24) is 0 Å². The van der Waals surface area contributed by atoms with Gasteiger partial charge in [-0.2, -0.15) is 0 Å². The minimum absolute atomic E-state index is 0.0195. The number of piperidine rings is 1. The minimum atomic E-state index is -2.05. The maximum atomic E-state index is 12.1. The van der Waals surface area contributed by atoms with E-state index in [4.69, 9.17) is 20.8 Å². The van der Waals surface area contributed by atoms with Gasteiger partial charge < -0.3 is 14.1 Å². The number of benzene rings is 3. The van der Waals surface area contributed by atoms with Crippen LogP contribution in [0.1, 0.15) is 62.6 Å². The molecule has 0 aliphatic carbocycles. The molecule has 1 saturated heterocycles. The zero-order chi connectivity index (χ0) is 28.2. The Morgan fingerprint density at radius 3 is 2.18 bits per heavy atom. The molecule has 1 aliphatic rings. The van der Waals surface area contributed by atoms with E-state index in [9.17, 15) is 4.79 Å². The molecule has 0 saturated carbocycles. The van der Waals surface area contributed by atoms with E-state index in [0.29, 0.717) is 18.1 Å². The summed E-state index contributed by atoms with van der Waals surface area (Å²) in [6.45, 7) is 15.7. The predicted molar refractivity (Wildman–Crippen MR) is 165 cm³/mol. The van der Waals surface area contributed by atoms with Gasteiger partial charge in [0.15, 0.2) is 8.32 Å². The van der Waals surface area contributed by atoms with Crippen LogP contribution in [0.5, 0.6) is 0 Å². The average Bonchev–Trinajstić information content (AvgIpc) is 2.92. The van der Waals surface area contributed by atoms with Gasteiger partial charge in [0, 0.05) is 23.8 Å². The lowest BCUT2D eigenvalue weighted by molar-refractivity contribution is 0.0526. The van der Waals surface area contributed by atoms with Crippen molar-refractivity contribution in [3.8, 4) is 11.1 Å². The van der Waals surface area contributed by atoms with E-state index in [1.807, 2.05) is 43.3 Å². The van der Waals surface area contributed by atoms with Gasteiger partial charge in [0.05, 0.1) is 18.3 Å². The smallest absolute Gasteiger partial charge is 0.338 e. The molecule has 1 atom stereocenters. The average molecular weight is 564 g/mol. The summed E-state index contributed by atoms with van der Waals surface area (Å²) in [6.07, 6.45) is 2.09. The first-order valence-electron chi connectivity index (χ1n) is 14.0. The lowest BCUT2D eigenvalue weighted by Crippen LogP contribution is -2.45. The van der Waals surface area contributed by atoms with Crippen LogP contribution < -0.4 is 4.90 Å². The summed E-state index contributed by atoms with van der Waals surface area (Å²) < 4.78 is 12.4. The van der Waals surface area contributed by atoms with Crippen molar-refractivity contribution in [3.05, 3.63) is 88.9 Å². The number of halogens is 1. The Bertz CT molecular complexity index is 1240. The second-order valence-corrected chi connectivity index (χ2v) is 17.2. The standard InChI is InChI=1S/C33H42ClNO3Si/c1-7-37-32(36)26-14-18-28(19-15-26)35-22-20-25(21-23-35)31(38-39(5,6)33(2,3)4)30-11-9-8-10-29(30)24-12-16-27(34)17-13-24/h8-19,25,31H,7,20-23H2,1-6H3/t31-/m1/s1. The number of nitrogens with zero attached hydrogens (tertiary/aromatic N) is 1. The molecule has 208 valence electrons. The molecule has 0 spiro atoms. The molecule has 39 heavy (non-hydrogen) atoms. The quantitative estimate of drug-likeness (QED) is 0.202. The summed E-state index contributed by atoms with van der Waals surface area (Å²) in [5.74, 6) is 0.135. The first-order chi connectivity index (χ1) is 18.5. The molecular weight excluding hydrogens is 522 g/mol. The molecule has 4 rings (SSSR count). The summed E-state index contributed by atoms with van der Waals surface area (Å²) in [7, 11) is -2.05. The van der Waals surface area contributed by atoms with Gasteiger partial charge in [-0.05, 0) is 96.9 Å². The second kappa shape index (κ2) is 12.3. The van der Waals surface area contributed by atoms with Gasteiger partial charge >= 0.3 is 5.97 Å². The van der Waals surface area contributed by atoms with Crippen molar-refractivity contribution in [2.45, 2.75) is 64.8 Å². The molecule has 3 aromatic carbocycles. The molecule has 0 unspecified atom stereocenters. The number of hydrogen-bond acceptors (Lipinski definition) is 4. The van der Waals surface area contributed by atoms with Crippen molar-refractivity contribution < 1.29 is 14.0 Å². The minimum Gasteiger partial charge on any atom is -0.462 e. The van der Waals surface area contributed by atoms with Gasteiger partial charge in [-0.25, -0.2) is 4.79 Å². The van der Waals surface area contributed by atoms with E-state index < -0.39 is 8.32 Å². The van der Waals surface area contributed by atoms with E-state index in [0.717, 1.165) is 42.2 Å². The highest BCUT2D eigenvalue weighted by Gasteiger charge is 2.42. The Labute approximate surface area is 240 Å². The number of hydrogen-bond donors (Lipinski definition) is 0. The third-order valence-corrected chi connectivity index (χ3v) is 13.1. The van der Waals surface area contributed by atoms with Crippen molar-refractivity contribution >= 4 is 31.6 Å². The summed E-state index contributed by atoms with van der Waals surface area (Å²) in [5, 5.41) is 0.856. The normalized spacial score (nSPS) is 15.7. The Hall–Kier alpha value is -2.60. The first-order valence-corrected chi connectivity index (χ1v) is 17.3. The number of carbonyl (C=O) groups excluding carboxylic acids is 1. The number of anilines is 1. The fraction of sp³-hybridized carbons (Fsp3) is 0.424. The van der Waals surface area contributed by atoms with Crippen LogP contribution in [-0.2, 0) is 9.16 Å². The van der Waals surface area contributed by atoms with Crippen LogP contribution in [0.25, 0.3) is 11.1 Å². The van der Waals surface area contributed by atoms with Gasteiger partial charge in [0.2, 0.25) is 0 Å². The van der Waals surface area contributed by atoms with E-state index >= 15 is 0 Å². The van der Waals surface area contributed by atoms with Gasteiger partial charge in [-0.3, -0.25) is 0 Å². The Kier molecular flexibility index (Phi) is 9.25. The van der Waals surface area contributed by atoms with Crippen LogP contribution in [-0.4, -0.2) is 34.0 Å². The number of esters is 1. The summed E-state index contributed by atoms with van der Waals surface area (Å²) in [5.41, 5.74) is 5.39. The summed E-state index contributed by atoms with van der Waals surface area (Å²) in [6, 6.07) is 24.6. The molecule has 0 amide bonds. The van der Waals surface area contributed by atoms with Crippen molar-refractivity contribution in [3.63, 3.8) is 0 Å². The van der Waals surface area contributed by atoms with Crippen LogP contribution in [0.2, 0.25) is 23.2 Å². The molecule has 0 radical (unpaired) electrons. The van der Waals surface area contributed by atoms with Gasteiger partial charge in [-0.15, -0.1) is 0 Å². The highest BCUT2D eigenvalue weighted by atomic mass is 35.5. The van der Waals surface area contributed by atoms with E-state index in [-0.39, 0.29) is 17.1 Å². The third-order valence-electron chi connectivity index (χ3n) is 8.36. The highest BCUT2D eigenvalue weighted by Crippen LogP contribution is 2.46. The van der Waals surface area contributed by atoms with Crippen LogP contribution in [0, 0.1) is 5.92 Å². The molecule has 0 bridgehead atoms. The Morgan fingerprint density at radius 1 is 0.974 bits per heavy atom. The first kappa shape index (κ1) is 29.4. The molecule has 0 N–H and O–H groups in total. The lowest BCUT2D eigenvalue weighted by Gasteiger charge is -2.44. The van der Waals surface area contributed by atoms with Gasteiger partial charge in [-0.1, -0.05) is 68.8 Å². The second-order valence-electron chi connectivity index (χ2n) is 12.0. The molecule has 1 aliphatic heterocycles. The van der Waals surface area contributed by atoms with Gasteiger partial charge in [0.25, 0.3) is 0 Å². The number of rotatable bonds is 8. The van der Waals surface area contributed by atoms with Crippen molar-refractivity contribution in [2.24, 2.45) is 5.92 Å². The molecule has 3 aromatic rings. The van der Waals surface area contributed by atoms with Crippen LogP contribution >= 0.6 is 11.6 Å². The van der Waals surface area contributed by atoms with Crippen LogP contribution in [0.4, 0.5) is 5.69 Å². The zero-order valence-corrected chi connectivity index (χ0v) is 25.9. The zero-order valence-electron chi connectivity index (χ0n) is 24.2. The molecule has 4 nitrogen and oxygen atoms in total. The van der Waals surface area contributed by atoms with Gasteiger partial charge in [0.1, 0.15) is 0 Å². The largest absolute Gasteiger partial charge is 0.462 e. The molecular formula is C33H42ClNO3Si. The predicted octanol–water partition coefficient (Wildman–Crippen LogP) is 9.16. The SMILES string of the molecule is CCOC(=O)c1ccc(N2CCC([C@@H](O[Si](C)(C)C(C)(C)C)c3ccccc3-c3ccc(Cl)cc3)CC2)cc1. The van der Waals surface area contributed by atoms with Crippen molar-refractivity contribution in [1.29, 1.82) is 0 Å². The van der Waals surface area contributed by atoms with E-state index in [1.54, 1.807) is 0 Å². The Balaban J connectivity index is 1.59. The molecule has 6 heteroatoms. The summed E-state index contributed by atoms with van der Waals surface area (Å²) in [4.78, 5) is 14.5. The lowest BCUT2D eigenvalue weighted by atomic mass is 9.84. The fourth-order valence-corrected chi connectivity index (χ4v) is 6.46. The van der Waals surface area contributed by atoms with Crippen molar-refractivity contribution in [2.75, 3.05) is 24.6 Å². The number of ether oxygens (including phenoxy) is 1. The summed E-state index contributed by atoms with van der Waals surface area (Å²) >= 11 is 6.22. The molecule has 0 aromatic heterocycles. The van der Waals surface area contributed by atoms with E-state index in [2.05, 4.69) is 75.2 Å².